The van der Waals surface area contributed by atoms with Crippen LogP contribution in [0.5, 0.6) is 0 Å². The highest BCUT2D eigenvalue weighted by Crippen LogP contribution is 2.70. The number of allylic oxidation sites excluding steroid dienone is 1. The van der Waals surface area contributed by atoms with Crippen LogP contribution in [0.4, 0.5) is 0 Å². The molecule has 0 aliphatic heterocycles. The highest BCUT2D eigenvalue weighted by Gasteiger charge is 2.69. The molecule has 2 fully saturated rings. The summed E-state index contributed by atoms with van der Waals surface area (Å²) in [7, 11) is 0. The summed E-state index contributed by atoms with van der Waals surface area (Å²) in [5, 5.41) is 0. The number of hydrogen-bond acceptors (Lipinski definition) is 2. The zero-order valence-electron chi connectivity index (χ0n) is 36.4. The highest BCUT2D eigenvalue weighted by molar-refractivity contribution is 5.87. The molecule has 0 saturated heterocycles. The smallest absolute Gasteiger partial charge is 0.333 e. The van der Waals surface area contributed by atoms with E-state index in [1.54, 1.807) is 0 Å². The Hall–Kier alpha value is -1.05. The molecule has 0 N–H and O–H groups in total. The predicted octanol–water partition coefficient (Wildman–Crippen LogP) is 13.7. The molecule has 2 rings (SSSR count). The molecule has 0 spiro atoms. The van der Waals surface area contributed by atoms with Crippen LogP contribution < -0.4 is 0 Å². The molecule has 0 aromatic carbocycles. The number of ether oxygens (including phenoxy) is 1. The van der Waals surface area contributed by atoms with Crippen LogP contribution in [0.1, 0.15) is 165 Å². The van der Waals surface area contributed by atoms with E-state index in [2.05, 4.69) is 165 Å². The minimum atomic E-state index is -0.694. The second kappa shape index (κ2) is 13.2. The SMILES string of the molecule is C=CC1C(C(C)(C)C)C(C(C)(C)C)CC(OC(=O)C(=C)C)(C2CC(C(C)(C)C)C(C(C)(C)C)C(C(C)(C)C)C2C(C)(C)C)C1C(C)(C)C. The maximum absolute atomic E-state index is 14.4. The zero-order valence-corrected chi connectivity index (χ0v) is 36.4. The molecular formula is C46H84O2. The Balaban J connectivity index is 3.35. The normalized spacial score (nSPS) is 34.8. The fourth-order valence-corrected chi connectivity index (χ4v) is 11.9. The predicted molar refractivity (Wildman–Crippen MR) is 211 cm³/mol. The maximum Gasteiger partial charge on any atom is 0.333 e. The van der Waals surface area contributed by atoms with Gasteiger partial charge in [-0.1, -0.05) is 158 Å². The molecular weight excluding hydrogens is 585 g/mol. The van der Waals surface area contributed by atoms with Crippen molar-refractivity contribution in [3.63, 3.8) is 0 Å². The van der Waals surface area contributed by atoms with E-state index in [0.29, 0.717) is 41.1 Å². The zero-order chi connectivity index (χ0) is 38.2. The van der Waals surface area contributed by atoms with Crippen molar-refractivity contribution in [3.8, 4) is 0 Å². The minimum absolute atomic E-state index is 0.00956. The van der Waals surface area contributed by atoms with E-state index in [9.17, 15) is 4.79 Å². The first-order chi connectivity index (χ1) is 21.0. The summed E-state index contributed by atoms with van der Waals surface area (Å²) >= 11 is 0. The lowest BCUT2D eigenvalue weighted by atomic mass is 9.37. The summed E-state index contributed by atoms with van der Waals surface area (Å²) in [6.45, 7) is 62.2. The third-order valence-electron chi connectivity index (χ3n) is 13.1. The van der Waals surface area contributed by atoms with Gasteiger partial charge >= 0.3 is 5.97 Å². The Morgan fingerprint density at radius 3 is 1.27 bits per heavy atom. The molecule has 2 nitrogen and oxygen atoms in total. The van der Waals surface area contributed by atoms with Crippen molar-refractivity contribution in [3.05, 3.63) is 24.8 Å². The molecule has 0 aromatic rings. The average molecular weight is 669 g/mol. The van der Waals surface area contributed by atoms with E-state index in [1.807, 2.05) is 6.92 Å². The first-order valence-electron chi connectivity index (χ1n) is 19.5. The highest BCUT2D eigenvalue weighted by atomic mass is 16.6. The maximum atomic E-state index is 14.4. The van der Waals surface area contributed by atoms with Gasteiger partial charge in [-0.05, 0) is 99.1 Å². The van der Waals surface area contributed by atoms with Gasteiger partial charge in [-0.15, -0.1) is 6.58 Å². The molecule has 10 unspecified atom stereocenters. The minimum Gasteiger partial charge on any atom is -0.455 e. The molecule has 2 heteroatoms. The van der Waals surface area contributed by atoms with Gasteiger partial charge in [0.25, 0.3) is 0 Å². The lowest BCUT2D eigenvalue weighted by molar-refractivity contribution is -0.260. The van der Waals surface area contributed by atoms with E-state index < -0.39 is 5.60 Å². The molecule has 0 radical (unpaired) electrons. The molecule has 2 aliphatic carbocycles. The quantitative estimate of drug-likeness (QED) is 0.169. The number of carbonyl (C=O) groups excluding carboxylic acids is 1. The van der Waals surface area contributed by atoms with E-state index in [-0.39, 0.29) is 61.6 Å². The number of carbonyl (C=O) groups is 1. The Labute approximate surface area is 301 Å². The molecule has 48 heavy (non-hydrogen) atoms. The van der Waals surface area contributed by atoms with Crippen LogP contribution in [-0.2, 0) is 9.53 Å². The second-order valence-electron chi connectivity index (χ2n) is 24.3. The largest absolute Gasteiger partial charge is 0.455 e. The Bertz CT molecular complexity index is 1150. The van der Waals surface area contributed by atoms with Crippen LogP contribution in [0.3, 0.4) is 0 Å². The Morgan fingerprint density at radius 2 is 0.979 bits per heavy atom. The lowest BCUT2D eigenvalue weighted by Crippen LogP contribution is -2.69. The summed E-state index contributed by atoms with van der Waals surface area (Å²) in [6.07, 6.45) is 4.20. The van der Waals surface area contributed by atoms with Crippen molar-refractivity contribution in [1.29, 1.82) is 0 Å². The van der Waals surface area contributed by atoms with Crippen molar-refractivity contribution in [2.75, 3.05) is 0 Å². The standard InChI is InChI=1S/C46H84O2/c1-25-29-33(41(10,11)12)32(40(7,8)9)27-46(37(29)45(22,23)24,48-38(47)28(2)3)31-26-30(39(4,5)6)34(42(13,14)15)36(44(19,20)21)35(31)43(16,17)18/h25,29-37H,1-2,26-27H2,3-24H3. The van der Waals surface area contributed by atoms with Gasteiger partial charge in [0.2, 0.25) is 0 Å². The van der Waals surface area contributed by atoms with Gasteiger partial charge in [0.15, 0.2) is 0 Å². The Kier molecular flexibility index (Phi) is 11.8. The van der Waals surface area contributed by atoms with Gasteiger partial charge in [0.1, 0.15) is 5.60 Å². The van der Waals surface area contributed by atoms with Crippen LogP contribution in [0.15, 0.2) is 24.8 Å². The van der Waals surface area contributed by atoms with Gasteiger partial charge in [0, 0.05) is 17.4 Å². The Morgan fingerprint density at radius 1 is 0.583 bits per heavy atom. The fraction of sp³-hybridized carbons (Fsp3) is 0.891. The van der Waals surface area contributed by atoms with E-state index in [0.717, 1.165) is 12.8 Å². The molecule has 0 heterocycles. The summed E-state index contributed by atoms with van der Waals surface area (Å²) in [6, 6.07) is 0. The molecule has 280 valence electrons. The van der Waals surface area contributed by atoms with Crippen LogP contribution in [0.2, 0.25) is 0 Å². The van der Waals surface area contributed by atoms with Gasteiger partial charge in [-0.25, -0.2) is 4.79 Å². The first-order valence-corrected chi connectivity index (χ1v) is 19.5. The number of rotatable bonds is 4. The van der Waals surface area contributed by atoms with Gasteiger partial charge < -0.3 is 4.74 Å². The van der Waals surface area contributed by atoms with E-state index in [4.69, 9.17) is 4.74 Å². The van der Waals surface area contributed by atoms with Crippen molar-refractivity contribution in [1.82, 2.24) is 0 Å². The molecule has 2 aliphatic rings. The topological polar surface area (TPSA) is 26.3 Å². The van der Waals surface area contributed by atoms with Crippen LogP contribution in [0.25, 0.3) is 0 Å². The number of hydrogen-bond donors (Lipinski definition) is 0. The summed E-state index contributed by atoms with van der Waals surface area (Å²) in [4.78, 5) is 14.4. The molecule has 0 amide bonds. The van der Waals surface area contributed by atoms with Crippen molar-refractivity contribution in [2.45, 2.75) is 171 Å². The van der Waals surface area contributed by atoms with Crippen molar-refractivity contribution in [2.24, 2.45) is 91.2 Å². The van der Waals surface area contributed by atoms with E-state index in [1.165, 1.54) is 0 Å². The van der Waals surface area contributed by atoms with Crippen LogP contribution in [-0.4, -0.2) is 11.6 Å². The summed E-state index contributed by atoms with van der Waals surface area (Å²) < 4.78 is 7.42. The van der Waals surface area contributed by atoms with Gasteiger partial charge in [-0.3, -0.25) is 0 Å². The summed E-state index contributed by atoms with van der Waals surface area (Å²) in [5.74, 6) is 2.69. The van der Waals surface area contributed by atoms with Crippen LogP contribution >= 0.6 is 0 Å². The fourth-order valence-electron chi connectivity index (χ4n) is 11.9. The monoisotopic (exact) mass is 669 g/mol. The van der Waals surface area contributed by atoms with Crippen molar-refractivity contribution >= 4 is 5.97 Å². The van der Waals surface area contributed by atoms with Gasteiger partial charge in [0.05, 0.1) is 0 Å². The average Bonchev–Trinajstić information content (AvgIpc) is 2.82. The third-order valence-corrected chi connectivity index (χ3v) is 13.1. The van der Waals surface area contributed by atoms with E-state index >= 15 is 0 Å². The molecule has 2 saturated carbocycles. The molecule has 0 bridgehead atoms. The van der Waals surface area contributed by atoms with Crippen LogP contribution in [0, 0.1) is 91.2 Å². The van der Waals surface area contributed by atoms with Crippen molar-refractivity contribution < 1.29 is 9.53 Å². The third kappa shape index (κ3) is 8.52. The second-order valence-corrected chi connectivity index (χ2v) is 24.3. The summed E-state index contributed by atoms with van der Waals surface area (Å²) in [5.41, 5.74) is -0.0206. The molecule has 10 atom stereocenters. The lowest BCUT2D eigenvalue weighted by Gasteiger charge is -2.69. The first kappa shape index (κ1) is 43.1. The van der Waals surface area contributed by atoms with Gasteiger partial charge in [-0.2, -0.15) is 0 Å². The molecule has 0 aromatic heterocycles. The number of esters is 1.